The van der Waals surface area contributed by atoms with Gasteiger partial charge in [-0.05, 0) is 31.0 Å². The molecule has 19 heavy (non-hydrogen) atoms. The molecule has 2 aromatic rings. The minimum Gasteiger partial charge on any atom is -0.360 e. The van der Waals surface area contributed by atoms with Gasteiger partial charge in [-0.2, -0.15) is 0 Å². The molecule has 0 bridgehead atoms. The van der Waals surface area contributed by atoms with Crippen LogP contribution in [0.2, 0.25) is 0 Å². The minimum atomic E-state index is 0.452. The summed E-state index contributed by atoms with van der Waals surface area (Å²) in [5.74, 6) is 0. The molecular weight excluding hydrogens is 230 g/mol. The van der Waals surface area contributed by atoms with Gasteiger partial charge >= 0.3 is 0 Å². The Labute approximate surface area is 115 Å². The Morgan fingerprint density at radius 1 is 0.895 bits per heavy atom. The minimum absolute atomic E-state index is 0.452. The number of hydrogen-bond acceptors (Lipinski definition) is 1. The zero-order valence-electron chi connectivity index (χ0n) is 11.3. The molecule has 1 nitrogen and oxygen atoms in total. The first-order chi connectivity index (χ1) is 9.34. The molecule has 3 rings (SSSR count). The standard InChI is InChI=1S/C18H19N/c1-15-12-13-19(17-10-6-3-7-11-17)18(14-15)16-8-4-2-5-9-16/h2-12,18H,13-14H2,1H3. The van der Waals surface area contributed by atoms with Crippen molar-refractivity contribution >= 4 is 5.69 Å². The molecule has 1 atom stereocenters. The van der Waals surface area contributed by atoms with Gasteiger partial charge in [0.05, 0.1) is 6.04 Å². The lowest BCUT2D eigenvalue weighted by Crippen LogP contribution is -2.32. The Bertz CT molecular complexity index is 557. The fourth-order valence-electron chi connectivity index (χ4n) is 2.76. The summed E-state index contributed by atoms with van der Waals surface area (Å²) in [6, 6.07) is 22.0. The van der Waals surface area contributed by atoms with Crippen LogP contribution < -0.4 is 4.90 Å². The van der Waals surface area contributed by atoms with Crippen LogP contribution in [0.5, 0.6) is 0 Å². The number of rotatable bonds is 2. The van der Waals surface area contributed by atoms with Crippen LogP contribution in [0.25, 0.3) is 0 Å². The molecule has 1 unspecified atom stereocenters. The lowest BCUT2D eigenvalue weighted by atomic mass is 9.94. The summed E-state index contributed by atoms with van der Waals surface area (Å²) >= 11 is 0. The molecule has 1 aliphatic heterocycles. The highest BCUT2D eigenvalue weighted by Gasteiger charge is 2.23. The van der Waals surface area contributed by atoms with Crippen molar-refractivity contribution in [2.45, 2.75) is 19.4 Å². The van der Waals surface area contributed by atoms with Gasteiger partial charge in [-0.25, -0.2) is 0 Å². The van der Waals surface area contributed by atoms with Gasteiger partial charge in [0.1, 0.15) is 0 Å². The molecule has 2 aromatic carbocycles. The fourth-order valence-corrected chi connectivity index (χ4v) is 2.76. The topological polar surface area (TPSA) is 3.24 Å². The highest BCUT2D eigenvalue weighted by molar-refractivity contribution is 5.51. The maximum Gasteiger partial charge on any atom is 0.0582 e. The van der Waals surface area contributed by atoms with E-state index in [-0.39, 0.29) is 0 Å². The van der Waals surface area contributed by atoms with Crippen LogP contribution in [0.1, 0.15) is 24.9 Å². The highest BCUT2D eigenvalue weighted by atomic mass is 15.2. The summed E-state index contributed by atoms with van der Waals surface area (Å²) in [6.45, 7) is 3.23. The molecule has 1 heteroatoms. The third-order valence-electron chi connectivity index (χ3n) is 3.80. The van der Waals surface area contributed by atoms with E-state index in [2.05, 4.69) is 78.6 Å². The second-order valence-corrected chi connectivity index (χ2v) is 5.17. The summed E-state index contributed by atoms with van der Waals surface area (Å²) < 4.78 is 0. The number of hydrogen-bond donors (Lipinski definition) is 0. The van der Waals surface area contributed by atoms with Gasteiger partial charge < -0.3 is 4.90 Å². The molecule has 0 spiro atoms. The first-order valence-electron chi connectivity index (χ1n) is 6.87. The Balaban J connectivity index is 1.97. The summed E-state index contributed by atoms with van der Waals surface area (Å²) in [7, 11) is 0. The van der Waals surface area contributed by atoms with Crippen LogP contribution in [0.15, 0.2) is 72.3 Å². The average Bonchev–Trinajstić information content (AvgIpc) is 2.49. The van der Waals surface area contributed by atoms with Gasteiger partial charge in [-0.1, -0.05) is 60.2 Å². The molecule has 0 saturated carbocycles. The van der Waals surface area contributed by atoms with Crippen LogP contribution >= 0.6 is 0 Å². The third kappa shape index (κ3) is 2.55. The molecule has 0 N–H and O–H groups in total. The van der Waals surface area contributed by atoms with Crippen LogP contribution in [0.3, 0.4) is 0 Å². The third-order valence-corrected chi connectivity index (χ3v) is 3.80. The zero-order valence-corrected chi connectivity index (χ0v) is 11.3. The Kier molecular flexibility index (Phi) is 3.37. The fraction of sp³-hybridized carbons (Fsp3) is 0.222. The van der Waals surface area contributed by atoms with Crippen LogP contribution in [0, 0.1) is 0 Å². The average molecular weight is 249 g/mol. The van der Waals surface area contributed by atoms with E-state index in [9.17, 15) is 0 Å². The SMILES string of the molecule is CC1=CCN(c2ccccc2)C(c2ccccc2)C1. The van der Waals surface area contributed by atoms with E-state index in [1.54, 1.807) is 0 Å². The number of nitrogens with zero attached hydrogens (tertiary/aromatic N) is 1. The summed E-state index contributed by atoms with van der Waals surface area (Å²) in [5.41, 5.74) is 4.19. The first kappa shape index (κ1) is 12.0. The Morgan fingerprint density at radius 2 is 1.53 bits per heavy atom. The molecule has 0 amide bonds. The van der Waals surface area contributed by atoms with Crippen molar-refractivity contribution < 1.29 is 0 Å². The number of para-hydroxylation sites is 1. The van der Waals surface area contributed by atoms with Gasteiger partial charge in [-0.15, -0.1) is 0 Å². The van der Waals surface area contributed by atoms with Gasteiger partial charge in [0.25, 0.3) is 0 Å². The maximum atomic E-state index is 2.49. The predicted molar refractivity (Wildman–Crippen MR) is 81.3 cm³/mol. The molecule has 0 aromatic heterocycles. The van der Waals surface area contributed by atoms with Crippen molar-refractivity contribution in [3.05, 3.63) is 77.9 Å². The van der Waals surface area contributed by atoms with E-state index in [4.69, 9.17) is 0 Å². The molecule has 1 aliphatic rings. The van der Waals surface area contributed by atoms with E-state index in [1.165, 1.54) is 16.8 Å². The van der Waals surface area contributed by atoms with Crippen LogP contribution in [0.4, 0.5) is 5.69 Å². The highest BCUT2D eigenvalue weighted by Crippen LogP contribution is 2.34. The first-order valence-corrected chi connectivity index (χ1v) is 6.87. The zero-order chi connectivity index (χ0) is 13.1. The van der Waals surface area contributed by atoms with E-state index in [0.717, 1.165) is 13.0 Å². The van der Waals surface area contributed by atoms with Crippen molar-refractivity contribution in [3.8, 4) is 0 Å². The quantitative estimate of drug-likeness (QED) is 0.704. The summed E-state index contributed by atoms with van der Waals surface area (Å²) in [4.78, 5) is 2.49. The van der Waals surface area contributed by atoms with Crippen LogP contribution in [-0.4, -0.2) is 6.54 Å². The molecule has 0 radical (unpaired) electrons. The van der Waals surface area contributed by atoms with E-state index in [0.29, 0.717) is 6.04 Å². The van der Waals surface area contributed by atoms with Crippen molar-refractivity contribution in [1.82, 2.24) is 0 Å². The van der Waals surface area contributed by atoms with Gasteiger partial charge in [0, 0.05) is 12.2 Å². The summed E-state index contributed by atoms with van der Waals surface area (Å²) in [6.07, 6.45) is 3.45. The second kappa shape index (κ2) is 5.31. The largest absolute Gasteiger partial charge is 0.360 e. The van der Waals surface area contributed by atoms with Crippen molar-refractivity contribution in [2.75, 3.05) is 11.4 Å². The predicted octanol–water partition coefficient (Wildman–Crippen LogP) is 4.58. The number of anilines is 1. The van der Waals surface area contributed by atoms with Crippen LogP contribution in [-0.2, 0) is 0 Å². The lowest BCUT2D eigenvalue weighted by molar-refractivity contribution is 0.615. The maximum absolute atomic E-state index is 2.49. The summed E-state index contributed by atoms with van der Waals surface area (Å²) in [5, 5.41) is 0. The lowest BCUT2D eigenvalue weighted by Gasteiger charge is -2.37. The Hall–Kier alpha value is -2.02. The number of benzene rings is 2. The van der Waals surface area contributed by atoms with Crippen molar-refractivity contribution in [1.29, 1.82) is 0 Å². The molecule has 96 valence electrons. The molecule has 0 saturated heterocycles. The van der Waals surface area contributed by atoms with E-state index < -0.39 is 0 Å². The van der Waals surface area contributed by atoms with Gasteiger partial charge in [-0.3, -0.25) is 0 Å². The molecule has 0 fully saturated rings. The molecular formula is C18H19N. The normalized spacial score (nSPS) is 19.1. The van der Waals surface area contributed by atoms with Crippen molar-refractivity contribution in [2.24, 2.45) is 0 Å². The van der Waals surface area contributed by atoms with E-state index in [1.807, 2.05) is 0 Å². The van der Waals surface area contributed by atoms with Gasteiger partial charge in [0.2, 0.25) is 0 Å². The van der Waals surface area contributed by atoms with Gasteiger partial charge in [0.15, 0.2) is 0 Å². The molecule has 1 heterocycles. The smallest absolute Gasteiger partial charge is 0.0582 e. The molecule has 0 aliphatic carbocycles. The second-order valence-electron chi connectivity index (χ2n) is 5.17. The Morgan fingerprint density at radius 3 is 2.21 bits per heavy atom. The van der Waals surface area contributed by atoms with Crippen molar-refractivity contribution in [3.63, 3.8) is 0 Å². The monoisotopic (exact) mass is 249 g/mol. The van der Waals surface area contributed by atoms with E-state index >= 15 is 0 Å².